The van der Waals surface area contributed by atoms with Gasteiger partial charge >= 0.3 is 0 Å². The SMILES string of the molecule is CCOc1cn(-c2ccc(F)cc2)nc1C(N)=O. The summed E-state index contributed by atoms with van der Waals surface area (Å²) in [6.07, 6.45) is 1.54. The second-order valence-corrected chi connectivity index (χ2v) is 3.56. The summed E-state index contributed by atoms with van der Waals surface area (Å²) in [5, 5.41) is 4.02. The maximum Gasteiger partial charge on any atom is 0.273 e. The first-order valence-electron chi connectivity index (χ1n) is 5.40. The highest BCUT2D eigenvalue weighted by molar-refractivity contribution is 5.93. The van der Waals surface area contributed by atoms with Crippen LogP contribution in [0, 0.1) is 5.82 Å². The van der Waals surface area contributed by atoms with Crippen molar-refractivity contribution in [3.63, 3.8) is 0 Å². The standard InChI is InChI=1S/C12H12FN3O2/c1-2-18-10-7-16(15-11(10)12(14)17)9-5-3-8(13)4-6-9/h3-7H,2H2,1H3,(H2,14,17). The molecule has 94 valence electrons. The van der Waals surface area contributed by atoms with E-state index in [1.54, 1.807) is 19.1 Å². The van der Waals surface area contributed by atoms with Crippen LogP contribution in [0.2, 0.25) is 0 Å². The maximum absolute atomic E-state index is 12.8. The molecular formula is C12H12FN3O2. The Morgan fingerprint density at radius 3 is 2.67 bits per heavy atom. The van der Waals surface area contributed by atoms with Crippen LogP contribution in [-0.2, 0) is 0 Å². The van der Waals surface area contributed by atoms with E-state index in [0.717, 1.165) is 0 Å². The normalized spacial score (nSPS) is 10.3. The van der Waals surface area contributed by atoms with Gasteiger partial charge in [-0.2, -0.15) is 5.10 Å². The number of carbonyl (C=O) groups is 1. The third kappa shape index (κ3) is 2.32. The van der Waals surface area contributed by atoms with E-state index in [1.807, 2.05) is 0 Å². The Hall–Kier alpha value is -2.37. The Morgan fingerprint density at radius 1 is 1.44 bits per heavy atom. The first-order chi connectivity index (χ1) is 8.61. The van der Waals surface area contributed by atoms with Gasteiger partial charge in [0.15, 0.2) is 11.4 Å². The van der Waals surface area contributed by atoms with Crippen molar-refractivity contribution >= 4 is 5.91 Å². The van der Waals surface area contributed by atoms with Gasteiger partial charge in [0.1, 0.15) is 5.82 Å². The zero-order valence-electron chi connectivity index (χ0n) is 9.76. The van der Waals surface area contributed by atoms with Crippen molar-refractivity contribution < 1.29 is 13.9 Å². The minimum absolute atomic E-state index is 0.0566. The number of amides is 1. The largest absolute Gasteiger partial charge is 0.490 e. The van der Waals surface area contributed by atoms with E-state index in [1.165, 1.54) is 23.0 Å². The van der Waals surface area contributed by atoms with E-state index in [2.05, 4.69) is 5.10 Å². The number of nitrogens with two attached hydrogens (primary N) is 1. The molecule has 18 heavy (non-hydrogen) atoms. The maximum atomic E-state index is 12.8. The summed E-state index contributed by atoms with van der Waals surface area (Å²) in [6, 6.07) is 5.70. The molecule has 0 spiro atoms. The van der Waals surface area contributed by atoms with Crippen LogP contribution in [0.4, 0.5) is 4.39 Å². The fourth-order valence-corrected chi connectivity index (χ4v) is 1.52. The predicted molar refractivity (Wildman–Crippen MR) is 63.2 cm³/mol. The van der Waals surface area contributed by atoms with Gasteiger partial charge in [-0.25, -0.2) is 9.07 Å². The van der Waals surface area contributed by atoms with Crippen LogP contribution in [0.3, 0.4) is 0 Å². The predicted octanol–water partition coefficient (Wildman–Crippen LogP) is 1.51. The number of ether oxygens (including phenoxy) is 1. The van der Waals surface area contributed by atoms with Gasteiger partial charge in [0.2, 0.25) is 0 Å². The minimum atomic E-state index is -0.667. The van der Waals surface area contributed by atoms with E-state index in [0.29, 0.717) is 18.0 Å². The molecule has 2 rings (SSSR count). The lowest BCUT2D eigenvalue weighted by Gasteiger charge is -1.99. The summed E-state index contributed by atoms with van der Waals surface area (Å²) in [5.41, 5.74) is 5.88. The summed E-state index contributed by atoms with van der Waals surface area (Å²) in [5.74, 6) is -0.695. The molecule has 0 bridgehead atoms. The molecule has 0 saturated carbocycles. The molecular weight excluding hydrogens is 237 g/mol. The lowest BCUT2D eigenvalue weighted by Crippen LogP contribution is -2.13. The van der Waals surface area contributed by atoms with E-state index in [4.69, 9.17) is 10.5 Å². The molecule has 2 N–H and O–H groups in total. The Bertz CT molecular complexity index is 563. The fourth-order valence-electron chi connectivity index (χ4n) is 1.52. The molecule has 0 saturated heterocycles. The van der Waals surface area contributed by atoms with Gasteiger partial charge in [-0.1, -0.05) is 0 Å². The number of halogens is 1. The molecule has 0 aliphatic carbocycles. The van der Waals surface area contributed by atoms with Crippen LogP contribution >= 0.6 is 0 Å². The number of hydrogen-bond acceptors (Lipinski definition) is 3. The van der Waals surface area contributed by atoms with Gasteiger partial charge in [-0.05, 0) is 31.2 Å². The first kappa shape index (κ1) is 12.1. The third-order valence-corrected chi connectivity index (χ3v) is 2.31. The number of benzene rings is 1. The van der Waals surface area contributed by atoms with Gasteiger partial charge in [-0.3, -0.25) is 4.79 Å². The Kier molecular flexibility index (Phi) is 3.27. The summed E-state index contributed by atoms with van der Waals surface area (Å²) in [6.45, 7) is 2.19. The van der Waals surface area contributed by atoms with Gasteiger partial charge in [-0.15, -0.1) is 0 Å². The van der Waals surface area contributed by atoms with E-state index < -0.39 is 5.91 Å². The van der Waals surface area contributed by atoms with Gasteiger partial charge in [0, 0.05) is 0 Å². The second kappa shape index (κ2) is 4.87. The summed E-state index contributed by atoms with van der Waals surface area (Å²) in [4.78, 5) is 11.2. The fraction of sp³-hybridized carbons (Fsp3) is 0.167. The van der Waals surface area contributed by atoms with Crippen molar-refractivity contribution in [3.8, 4) is 11.4 Å². The van der Waals surface area contributed by atoms with Crippen molar-refractivity contribution in [3.05, 3.63) is 42.0 Å². The Balaban J connectivity index is 2.42. The number of carbonyl (C=O) groups excluding carboxylic acids is 1. The van der Waals surface area contributed by atoms with Crippen molar-refractivity contribution in [2.75, 3.05) is 6.61 Å². The summed E-state index contributed by atoms with van der Waals surface area (Å²) >= 11 is 0. The van der Waals surface area contributed by atoms with Crippen molar-refractivity contribution in [2.45, 2.75) is 6.92 Å². The summed E-state index contributed by atoms with van der Waals surface area (Å²) in [7, 11) is 0. The Morgan fingerprint density at radius 2 is 2.11 bits per heavy atom. The average Bonchev–Trinajstić information content (AvgIpc) is 2.75. The molecule has 0 aliphatic rings. The van der Waals surface area contributed by atoms with Gasteiger partial charge < -0.3 is 10.5 Å². The Labute approximate surface area is 103 Å². The molecule has 0 aliphatic heterocycles. The van der Waals surface area contributed by atoms with E-state index in [-0.39, 0.29) is 11.5 Å². The van der Waals surface area contributed by atoms with Crippen molar-refractivity contribution in [1.29, 1.82) is 0 Å². The molecule has 0 unspecified atom stereocenters. The average molecular weight is 249 g/mol. The molecule has 0 fully saturated rings. The third-order valence-electron chi connectivity index (χ3n) is 2.31. The molecule has 6 heteroatoms. The number of aromatic nitrogens is 2. The smallest absolute Gasteiger partial charge is 0.273 e. The van der Waals surface area contributed by atoms with Crippen LogP contribution in [0.5, 0.6) is 5.75 Å². The number of nitrogens with zero attached hydrogens (tertiary/aromatic N) is 2. The number of hydrogen-bond donors (Lipinski definition) is 1. The quantitative estimate of drug-likeness (QED) is 0.892. The van der Waals surface area contributed by atoms with Crippen molar-refractivity contribution in [2.24, 2.45) is 5.73 Å². The highest BCUT2D eigenvalue weighted by Crippen LogP contribution is 2.19. The van der Waals surface area contributed by atoms with Crippen LogP contribution in [0.25, 0.3) is 5.69 Å². The molecule has 0 radical (unpaired) electrons. The van der Waals surface area contributed by atoms with E-state index >= 15 is 0 Å². The first-order valence-corrected chi connectivity index (χ1v) is 5.40. The molecule has 1 aromatic carbocycles. The molecule has 5 nitrogen and oxygen atoms in total. The second-order valence-electron chi connectivity index (χ2n) is 3.56. The van der Waals surface area contributed by atoms with Gasteiger partial charge in [0.05, 0.1) is 18.5 Å². The van der Waals surface area contributed by atoms with Crippen LogP contribution in [-0.4, -0.2) is 22.3 Å². The number of primary amides is 1. The highest BCUT2D eigenvalue weighted by Gasteiger charge is 2.15. The summed E-state index contributed by atoms with van der Waals surface area (Å²) < 4.78 is 19.5. The zero-order chi connectivity index (χ0) is 13.1. The zero-order valence-corrected chi connectivity index (χ0v) is 9.76. The monoisotopic (exact) mass is 249 g/mol. The topological polar surface area (TPSA) is 70.1 Å². The van der Waals surface area contributed by atoms with Gasteiger partial charge in [0.25, 0.3) is 5.91 Å². The van der Waals surface area contributed by atoms with Crippen LogP contribution in [0.1, 0.15) is 17.4 Å². The van der Waals surface area contributed by atoms with Crippen LogP contribution in [0.15, 0.2) is 30.5 Å². The van der Waals surface area contributed by atoms with Crippen molar-refractivity contribution in [1.82, 2.24) is 9.78 Å². The molecule has 0 atom stereocenters. The van der Waals surface area contributed by atoms with E-state index in [9.17, 15) is 9.18 Å². The molecule has 1 aromatic heterocycles. The number of rotatable bonds is 4. The molecule has 2 aromatic rings. The lowest BCUT2D eigenvalue weighted by molar-refractivity contribution is 0.0991. The molecule has 1 heterocycles. The molecule has 1 amide bonds. The lowest BCUT2D eigenvalue weighted by atomic mass is 10.3. The highest BCUT2D eigenvalue weighted by atomic mass is 19.1. The minimum Gasteiger partial charge on any atom is -0.490 e. The van der Waals surface area contributed by atoms with Crippen LogP contribution < -0.4 is 10.5 Å².